The van der Waals surface area contributed by atoms with Crippen molar-refractivity contribution in [1.29, 1.82) is 0 Å². The molecule has 24 heavy (non-hydrogen) atoms. The predicted octanol–water partition coefficient (Wildman–Crippen LogP) is 2.94. The second kappa shape index (κ2) is 8.64. The maximum Gasteiger partial charge on any atom is 0.193 e. The molecular weight excluding hydrogens is 324 g/mol. The number of ether oxygens (including phenoxy) is 1. The van der Waals surface area contributed by atoms with Crippen LogP contribution in [0.1, 0.15) is 11.3 Å². The summed E-state index contributed by atoms with van der Waals surface area (Å²) in [6.45, 7) is 1.56. The Balaban J connectivity index is 1.88. The lowest BCUT2D eigenvalue weighted by Gasteiger charge is -2.22. The Morgan fingerprint density at radius 3 is 2.75 bits per heavy atom. The summed E-state index contributed by atoms with van der Waals surface area (Å²) in [5, 5.41) is 4.11. The fourth-order valence-corrected chi connectivity index (χ4v) is 2.80. The minimum Gasteiger partial charge on any atom is -0.497 e. The fourth-order valence-electron chi connectivity index (χ4n) is 2.53. The molecule has 0 radical (unpaired) electrons. The van der Waals surface area contributed by atoms with Gasteiger partial charge in [-0.2, -0.15) is 0 Å². The van der Waals surface area contributed by atoms with E-state index in [1.807, 2.05) is 44.6 Å². The Hall–Kier alpha value is -2.14. The molecule has 0 aliphatic heterocycles. The maximum atomic E-state index is 6.28. The molecule has 0 amide bonds. The van der Waals surface area contributed by atoms with E-state index in [2.05, 4.69) is 25.8 Å². The molecule has 1 aromatic heterocycles. The number of nitrogens with zero attached hydrogens (tertiary/aromatic N) is 3. The molecule has 0 atom stereocenters. The Morgan fingerprint density at radius 2 is 2.17 bits per heavy atom. The van der Waals surface area contributed by atoms with Crippen molar-refractivity contribution in [1.82, 2.24) is 14.8 Å². The number of halogens is 1. The fraction of sp³-hybridized carbons (Fsp3) is 0.389. The number of aromatic nitrogens is 1. The number of hydrogen-bond donors (Lipinski definition) is 1. The van der Waals surface area contributed by atoms with Crippen molar-refractivity contribution in [2.24, 2.45) is 12.0 Å². The first-order valence-electron chi connectivity index (χ1n) is 7.89. The molecule has 0 aliphatic rings. The molecule has 1 heterocycles. The van der Waals surface area contributed by atoms with Gasteiger partial charge in [-0.15, -0.1) is 0 Å². The number of benzene rings is 1. The van der Waals surface area contributed by atoms with E-state index >= 15 is 0 Å². The summed E-state index contributed by atoms with van der Waals surface area (Å²) < 4.78 is 7.29. The molecule has 2 aromatic rings. The molecule has 1 aromatic carbocycles. The SMILES string of the molecule is CN=C(NCCc1ccc(OC)cc1Cl)N(C)Cc1cccn1C. The second-order valence-electron chi connectivity index (χ2n) is 5.65. The summed E-state index contributed by atoms with van der Waals surface area (Å²) in [6.07, 6.45) is 2.87. The molecule has 6 heteroatoms. The topological polar surface area (TPSA) is 41.8 Å². The maximum absolute atomic E-state index is 6.28. The van der Waals surface area contributed by atoms with E-state index < -0.39 is 0 Å². The zero-order valence-electron chi connectivity index (χ0n) is 14.7. The smallest absolute Gasteiger partial charge is 0.193 e. The van der Waals surface area contributed by atoms with Gasteiger partial charge in [-0.05, 0) is 36.2 Å². The van der Waals surface area contributed by atoms with Crippen LogP contribution >= 0.6 is 11.6 Å². The molecule has 0 aliphatic carbocycles. The van der Waals surface area contributed by atoms with Crippen molar-refractivity contribution in [3.05, 3.63) is 52.8 Å². The molecule has 0 unspecified atom stereocenters. The van der Waals surface area contributed by atoms with Crippen molar-refractivity contribution in [2.75, 3.05) is 27.7 Å². The molecule has 0 saturated heterocycles. The van der Waals surface area contributed by atoms with Gasteiger partial charge in [0.25, 0.3) is 0 Å². The van der Waals surface area contributed by atoms with Crippen LogP contribution in [0.5, 0.6) is 5.75 Å². The van der Waals surface area contributed by atoms with Crippen LogP contribution in [-0.4, -0.2) is 43.2 Å². The third kappa shape index (κ3) is 4.68. The number of aryl methyl sites for hydroxylation is 1. The Kier molecular flexibility index (Phi) is 6.55. The highest BCUT2D eigenvalue weighted by Gasteiger charge is 2.09. The standard InChI is InChI=1S/C18H25ClN4O/c1-20-18(23(3)13-15-6-5-11-22(15)2)21-10-9-14-7-8-16(24-4)12-17(14)19/h5-8,11-12H,9-10,13H2,1-4H3,(H,20,21). The summed E-state index contributed by atoms with van der Waals surface area (Å²) in [5.74, 6) is 1.63. The van der Waals surface area contributed by atoms with E-state index in [1.54, 1.807) is 14.2 Å². The van der Waals surface area contributed by atoms with Gasteiger partial charge in [0.2, 0.25) is 0 Å². The molecule has 0 fully saturated rings. The van der Waals surface area contributed by atoms with Crippen LogP contribution in [0.4, 0.5) is 0 Å². The van der Waals surface area contributed by atoms with Crippen LogP contribution in [-0.2, 0) is 20.0 Å². The molecule has 2 rings (SSSR count). The van der Waals surface area contributed by atoms with E-state index in [0.717, 1.165) is 41.8 Å². The minimum absolute atomic E-state index is 0.725. The van der Waals surface area contributed by atoms with Crippen molar-refractivity contribution in [2.45, 2.75) is 13.0 Å². The molecule has 0 spiro atoms. The average Bonchev–Trinajstić information content (AvgIpc) is 2.97. The van der Waals surface area contributed by atoms with Crippen LogP contribution in [0.25, 0.3) is 0 Å². The van der Waals surface area contributed by atoms with Crippen molar-refractivity contribution >= 4 is 17.6 Å². The van der Waals surface area contributed by atoms with Gasteiger partial charge in [-0.3, -0.25) is 4.99 Å². The van der Waals surface area contributed by atoms with Crippen LogP contribution in [0.2, 0.25) is 5.02 Å². The van der Waals surface area contributed by atoms with E-state index in [-0.39, 0.29) is 0 Å². The Bertz CT molecular complexity index is 696. The van der Waals surface area contributed by atoms with E-state index in [1.165, 1.54) is 5.69 Å². The van der Waals surface area contributed by atoms with Gasteiger partial charge in [0.15, 0.2) is 5.96 Å². The highest BCUT2D eigenvalue weighted by molar-refractivity contribution is 6.31. The molecule has 0 bridgehead atoms. The van der Waals surface area contributed by atoms with Crippen LogP contribution in [0, 0.1) is 0 Å². The Morgan fingerprint density at radius 1 is 1.38 bits per heavy atom. The van der Waals surface area contributed by atoms with E-state index in [4.69, 9.17) is 16.3 Å². The zero-order valence-corrected chi connectivity index (χ0v) is 15.5. The Labute approximate surface area is 148 Å². The van der Waals surface area contributed by atoms with Gasteiger partial charge in [0.05, 0.1) is 13.7 Å². The number of nitrogens with one attached hydrogen (secondary N) is 1. The lowest BCUT2D eigenvalue weighted by molar-refractivity contribution is 0.414. The first kappa shape index (κ1) is 18.2. The number of hydrogen-bond acceptors (Lipinski definition) is 2. The second-order valence-corrected chi connectivity index (χ2v) is 6.06. The van der Waals surface area contributed by atoms with Crippen molar-refractivity contribution < 1.29 is 4.74 Å². The van der Waals surface area contributed by atoms with Crippen LogP contribution < -0.4 is 10.1 Å². The van der Waals surface area contributed by atoms with Gasteiger partial charge in [-0.25, -0.2) is 0 Å². The van der Waals surface area contributed by atoms with E-state index in [9.17, 15) is 0 Å². The van der Waals surface area contributed by atoms with Crippen molar-refractivity contribution in [3.63, 3.8) is 0 Å². The highest BCUT2D eigenvalue weighted by atomic mass is 35.5. The lowest BCUT2D eigenvalue weighted by atomic mass is 10.1. The monoisotopic (exact) mass is 348 g/mol. The average molecular weight is 349 g/mol. The summed E-state index contributed by atoms with van der Waals surface area (Å²) >= 11 is 6.28. The van der Waals surface area contributed by atoms with Crippen molar-refractivity contribution in [3.8, 4) is 5.75 Å². The third-order valence-electron chi connectivity index (χ3n) is 3.96. The van der Waals surface area contributed by atoms with E-state index in [0.29, 0.717) is 0 Å². The molecular formula is C18H25ClN4O. The first-order valence-corrected chi connectivity index (χ1v) is 8.27. The van der Waals surface area contributed by atoms with Crippen LogP contribution in [0.15, 0.2) is 41.5 Å². The zero-order chi connectivity index (χ0) is 17.5. The van der Waals surface area contributed by atoms with Gasteiger partial charge in [0.1, 0.15) is 5.75 Å². The largest absolute Gasteiger partial charge is 0.497 e. The minimum atomic E-state index is 0.725. The van der Waals surface area contributed by atoms with Crippen LogP contribution in [0.3, 0.4) is 0 Å². The summed E-state index contributed by atoms with van der Waals surface area (Å²) in [5.41, 5.74) is 2.32. The summed E-state index contributed by atoms with van der Waals surface area (Å²) in [4.78, 5) is 6.45. The van der Waals surface area contributed by atoms with Gasteiger partial charge in [-0.1, -0.05) is 17.7 Å². The molecule has 130 valence electrons. The first-order chi connectivity index (χ1) is 11.5. The normalized spacial score (nSPS) is 11.5. The predicted molar refractivity (Wildman–Crippen MR) is 99.9 cm³/mol. The molecule has 1 N–H and O–H groups in total. The number of rotatable bonds is 6. The quantitative estimate of drug-likeness (QED) is 0.644. The summed E-state index contributed by atoms with van der Waals surface area (Å²) in [6, 6.07) is 9.93. The summed E-state index contributed by atoms with van der Waals surface area (Å²) in [7, 11) is 7.51. The third-order valence-corrected chi connectivity index (χ3v) is 4.31. The molecule has 0 saturated carbocycles. The van der Waals surface area contributed by atoms with Gasteiger partial charge in [0, 0.05) is 44.6 Å². The lowest BCUT2D eigenvalue weighted by Crippen LogP contribution is -2.39. The number of guanidine groups is 1. The number of aliphatic imine (C=N–C) groups is 1. The highest BCUT2D eigenvalue weighted by Crippen LogP contribution is 2.22. The van der Waals surface area contributed by atoms with Gasteiger partial charge < -0.3 is 19.5 Å². The van der Waals surface area contributed by atoms with Gasteiger partial charge >= 0.3 is 0 Å². The number of methoxy groups -OCH3 is 1. The molecule has 5 nitrogen and oxygen atoms in total.